The van der Waals surface area contributed by atoms with Crippen LogP contribution in [0, 0.1) is 0 Å². The minimum absolute atomic E-state index is 1.31. The molecule has 0 nitrogen and oxygen atoms in total. The van der Waals surface area contributed by atoms with E-state index in [9.17, 15) is 0 Å². The van der Waals surface area contributed by atoms with E-state index in [0.29, 0.717) is 0 Å². The topological polar surface area (TPSA) is 0 Å². The number of halogens is 1. The third-order valence-electron chi connectivity index (χ3n) is 1.89. The molecule has 0 heterocycles. The van der Waals surface area contributed by atoms with E-state index in [2.05, 4.69) is 42.7 Å². The molecule has 58 valence electrons. The van der Waals surface area contributed by atoms with Gasteiger partial charge in [0.1, 0.15) is 0 Å². The molecule has 0 spiro atoms. The van der Waals surface area contributed by atoms with Crippen molar-refractivity contribution < 1.29 is 0 Å². The second-order valence-corrected chi connectivity index (χ2v) is 16.9. The van der Waals surface area contributed by atoms with Gasteiger partial charge in [-0.15, -0.1) is 0 Å². The Morgan fingerprint density at radius 1 is 1.22 bits per heavy atom. The fraction of sp³-hybridized carbons (Fsp3) is 1.00. The Balaban J connectivity index is 3.95. The standard InChI is InChI=1S/C7H18BrP/c1-5-7-9(3,4,8)6-2/h5-7H2,1-4H3. The Labute approximate surface area is 67.1 Å². The molecule has 0 aromatic heterocycles. The first-order valence-electron chi connectivity index (χ1n) is 3.61. The summed E-state index contributed by atoms with van der Waals surface area (Å²) in [6.45, 7) is 9.33. The molecule has 2 heteroatoms. The second kappa shape index (κ2) is 2.88. The van der Waals surface area contributed by atoms with E-state index in [4.69, 9.17) is 0 Å². The van der Waals surface area contributed by atoms with Gasteiger partial charge in [0.15, 0.2) is 0 Å². The molecule has 0 saturated heterocycles. The van der Waals surface area contributed by atoms with Gasteiger partial charge in [0.2, 0.25) is 0 Å². The third-order valence-corrected chi connectivity index (χ3v) is 8.24. The van der Waals surface area contributed by atoms with Crippen LogP contribution >= 0.6 is 20.8 Å². The summed E-state index contributed by atoms with van der Waals surface area (Å²) in [5, 5.41) is -1.32. The molecule has 9 heavy (non-hydrogen) atoms. The average molecular weight is 213 g/mol. The molecule has 0 atom stereocenters. The van der Waals surface area contributed by atoms with Crippen molar-refractivity contribution in [1.82, 2.24) is 0 Å². The first-order valence-corrected chi connectivity index (χ1v) is 9.13. The maximum absolute atomic E-state index is 3.88. The van der Waals surface area contributed by atoms with Crippen molar-refractivity contribution in [3.63, 3.8) is 0 Å². The molecule has 0 saturated carbocycles. The SMILES string of the molecule is CCCP(C)(C)(Br)CC. The molecule has 0 aromatic rings. The van der Waals surface area contributed by atoms with Crippen molar-refractivity contribution >= 4 is 20.8 Å². The van der Waals surface area contributed by atoms with Crippen LogP contribution in [0.4, 0.5) is 0 Å². The van der Waals surface area contributed by atoms with E-state index in [1.165, 1.54) is 18.7 Å². The Morgan fingerprint density at radius 2 is 1.67 bits per heavy atom. The van der Waals surface area contributed by atoms with Crippen LogP contribution < -0.4 is 0 Å². The Hall–Kier alpha value is 0.910. The van der Waals surface area contributed by atoms with E-state index in [0.717, 1.165) is 0 Å². The normalized spacial score (nSPS) is 16.8. The van der Waals surface area contributed by atoms with Gasteiger partial charge in [-0.25, -0.2) is 0 Å². The fourth-order valence-electron chi connectivity index (χ4n) is 0.848. The summed E-state index contributed by atoms with van der Waals surface area (Å²) in [6.07, 6.45) is 4.01. The van der Waals surface area contributed by atoms with Gasteiger partial charge < -0.3 is 0 Å². The number of hydrogen-bond acceptors (Lipinski definition) is 0. The molecule has 0 radical (unpaired) electrons. The van der Waals surface area contributed by atoms with Crippen molar-refractivity contribution in [1.29, 1.82) is 0 Å². The molecular formula is C7H18BrP. The van der Waals surface area contributed by atoms with Gasteiger partial charge >= 0.3 is 66.7 Å². The van der Waals surface area contributed by atoms with Crippen LogP contribution in [0.1, 0.15) is 20.3 Å². The van der Waals surface area contributed by atoms with Crippen molar-refractivity contribution in [2.24, 2.45) is 0 Å². The Morgan fingerprint density at radius 3 is 1.78 bits per heavy atom. The van der Waals surface area contributed by atoms with Crippen LogP contribution in [0.15, 0.2) is 0 Å². The van der Waals surface area contributed by atoms with Gasteiger partial charge in [0.05, 0.1) is 0 Å². The Bertz CT molecular complexity index is 90.8. The van der Waals surface area contributed by atoms with Crippen LogP contribution in [0.5, 0.6) is 0 Å². The Kier molecular flexibility index (Phi) is 3.17. The van der Waals surface area contributed by atoms with E-state index < -0.39 is 5.31 Å². The zero-order valence-electron chi connectivity index (χ0n) is 6.95. The van der Waals surface area contributed by atoms with Gasteiger partial charge in [-0.1, -0.05) is 0 Å². The van der Waals surface area contributed by atoms with Crippen molar-refractivity contribution in [3.8, 4) is 0 Å². The van der Waals surface area contributed by atoms with Gasteiger partial charge in [-0.05, 0) is 0 Å². The summed E-state index contributed by atoms with van der Waals surface area (Å²) < 4.78 is 0. The molecule has 0 unspecified atom stereocenters. The minimum atomic E-state index is -1.32. The molecule has 0 amide bonds. The molecule has 0 aliphatic carbocycles. The summed E-state index contributed by atoms with van der Waals surface area (Å²) in [7, 11) is 0. The van der Waals surface area contributed by atoms with Gasteiger partial charge in [0.25, 0.3) is 0 Å². The van der Waals surface area contributed by atoms with Crippen LogP contribution in [0.25, 0.3) is 0 Å². The summed E-state index contributed by atoms with van der Waals surface area (Å²) in [4.78, 5) is 0. The molecule has 0 aromatic carbocycles. The first kappa shape index (κ1) is 9.91. The molecule has 0 bridgehead atoms. The summed E-state index contributed by atoms with van der Waals surface area (Å²) in [5.74, 6) is 0. The van der Waals surface area contributed by atoms with Gasteiger partial charge in [-0.2, -0.15) is 0 Å². The molecule has 0 rings (SSSR count). The monoisotopic (exact) mass is 212 g/mol. The van der Waals surface area contributed by atoms with E-state index in [1.807, 2.05) is 0 Å². The van der Waals surface area contributed by atoms with E-state index >= 15 is 0 Å². The zero-order chi connectivity index (χ0) is 7.57. The zero-order valence-corrected chi connectivity index (χ0v) is 9.43. The van der Waals surface area contributed by atoms with Crippen LogP contribution in [-0.2, 0) is 0 Å². The molecule has 0 N–H and O–H groups in total. The van der Waals surface area contributed by atoms with Crippen molar-refractivity contribution in [2.75, 3.05) is 25.7 Å². The van der Waals surface area contributed by atoms with Crippen LogP contribution in [0.2, 0.25) is 0 Å². The predicted molar refractivity (Wildman–Crippen MR) is 53.4 cm³/mol. The second-order valence-electron chi connectivity index (χ2n) is 3.55. The molecule has 0 fully saturated rings. The van der Waals surface area contributed by atoms with E-state index in [1.54, 1.807) is 0 Å². The molecule has 0 aliphatic heterocycles. The van der Waals surface area contributed by atoms with Crippen molar-refractivity contribution in [3.05, 3.63) is 0 Å². The van der Waals surface area contributed by atoms with Crippen LogP contribution in [0.3, 0.4) is 0 Å². The summed E-state index contributed by atoms with van der Waals surface area (Å²) >= 11 is 3.88. The van der Waals surface area contributed by atoms with Crippen LogP contribution in [-0.4, -0.2) is 25.7 Å². The first-order chi connectivity index (χ1) is 3.89. The number of hydrogen-bond donors (Lipinski definition) is 0. The number of rotatable bonds is 3. The maximum atomic E-state index is 3.88. The molecule has 0 aliphatic rings. The predicted octanol–water partition coefficient (Wildman–Crippen LogP) is 3.54. The van der Waals surface area contributed by atoms with Crippen molar-refractivity contribution in [2.45, 2.75) is 20.3 Å². The van der Waals surface area contributed by atoms with Gasteiger partial charge in [-0.3, -0.25) is 0 Å². The average Bonchev–Trinajstić information content (AvgIpc) is 1.66. The van der Waals surface area contributed by atoms with E-state index in [-0.39, 0.29) is 0 Å². The van der Waals surface area contributed by atoms with Gasteiger partial charge in [0, 0.05) is 0 Å². The molecular weight excluding hydrogens is 195 g/mol. The summed E-state index contributed by atoms with van der Waals surface area (Å²) in [6, 6.07) is 0. The fourth-order valence-corrected chi connectivity index (χ4v) is 3.61. The summed E-state index contributed by atoms with van der Waals surface area (Å²) in [5.41, 5.74) is 0. The third kappa shape index (κ3) is 4.33. The quantitative estimate of drug-likeness (QED) is 0.629.